The van der Waals surface area contributed by atoms with Crippen molar-refractivity contribution in [1.82, 2.24) is 10.3 Å². The molecule has 0 aliphatic heterocycles. The SMILES string of the molecule is COC(C)CNc1ccc(Cl)c(CNC(C)C)n1. The number of nitrogens with zero attached hydrogens (tertiary/aromatic N) is 1. The lowest BCUT2D eigenvalue weighted by atomic mass is 10.3. The van der Waals surface area contributed by atoms with E-state index in [9.17, 15) is 0 Å². The minimum absolute atomic E-state index is 0.153. The number of rotatable bonds is 7. The first kappa shape index (κ1) is 15.2. The Kier molecular flexibility index (Phi) is 6.39. The van der Waals surface area contributed by atoms with Gasteiger partial charge in [0.1, 0.15) is 5.82 Å². The number of ether oxygens (including phenoxy) is 1. The largest absolute Gasteiger partial charge is 0.380 e. The maximum atomic E-state index is 6.11. The molecule has 0 spiro atoms. The van der Waals surface area contributed by atoms with Gasteiger partial charge in [0.25, 0.3) is 0 Å². The summed E-state index contributed by atoms with van der Waals surface area (Å²) in [7, 11) is 1.69. The lowest BCUT2D eigenvalue weighted by Gasteiger charge is -2.13. The molecule has 1 heterocycles. The highest BCUT2D eigenvalue weighted by atomic mass is 35.5. The zero-order chi connectivity index (χ0) is 13.5. The molecule has 0 fully saturated rings. The number of hydrogen-bond donors (Lipinski definition) is 2. The first-order valence-electron chi connectivity index (χ1n) is 6.18. The smallest absolute Gasteiger partial charge is 0.126 e. The highest BCUT2D eigenvalue weighted by Gasteiger charge is 2.06. The molecule has 0 aliphatic carbocycles. The van der Waals surface area contributed by atoms with Crippen LogP contribution in [0.3, 0.4) is 0 Å². The first-order chi connectivity index (χ1) is 8.52. The van der Waals surface area contributed by atoms with Crippen molar-refractivity contribution < 1.29 is 4.74 Å². The third-order valence-electron chi connectivity index (χ3n) is 2.57. The molecule has 5 heteroatoms. The van der Waals surface area contributed by atoms with Crippen LogP contribution < -0.4 is 10.6 Å². The van der Waals surface area contributed by atoms with Gasteiger partial charge in [-0.05, 0) is 19.1 Å². The number of anilines is 1. The monoisotopic (exact) mass is 271 g/mol. The van der Waals surface area contributed by atoms with Gasteiger partial charge in [-0.25, -0.2) is 4.98 Å². The molecule has 1 unspecified atom stereocenters. The van der Waals surface area contributed by atoms with Crippen LogP contribution in [0.15, 0.2) is 12.1 Å². The summed E-state index contributed by atoms with van der Waals surface area (Å²) in [5.74, 6) is 0.823. The van der Waals surface area contributed by atoms with Crippen molar-refractivity contribution in [3.05, 3.63) is 22.8 Å². The predicted molar refractivity (Wildman–Crippen MR) is 76.2 cm³/mol. The zero-order valence-corrected chi connectivity index (χ0v) is 12.2. The molecule has 4 nitrogen and oxygen atoms in total. The fraction of sp³-hybridized carbons (Fsp3) is 0.615. The number of halogens is 1. The van der Waals surface area contributed by atoms with Crippen LogP contribution in [0.2, 0.25) is 5.02 Å². The highest BCUT2D eigenvalue weighted by molar-refractivity contribution is 6.31. The van der Waals surface area contributed by atoms with Crippen LogP contribution in [-0.4, -0.2) is 30.8 Å². The molecule has 1 aromatic rings. The second kappa shape index (κ2) is 7.56. The van der Waals surface area contributed by atoms with Gasteiger partial charge >= 0.3 is 0 Å². The second-order valence-corrected chi connectivity index (χ2v) is 5.00. The quantitative estimate of drug-likeness (QED) is 0.800. The Balaban J connectivity index is 2.62. The summed E-state index contributed by atoms with van der Waals surface area (Å²) < 4.78 is 5.18. The van der Waals surface area contributed by atoms with E-state index in [4.69, 9.17) is 16.3 Å². The molecule has 0 saturated carbocycles. The Labute approximate surface area is 114 Å². The summed E-state index contributed by atoms with van der Waals surface area (Å²) in [6.07, 6.45) is 0.153. The topological polar surface area (TPSA) is 46.2 Å². The van der Waals surface area contributed by atoms with Gasteiger partial charge in [0.15, 0.2) is 0 Å². The molecule has 0 saturated heterocycles. The molecule has 0 aliphatic rings. The van der Waals surface area contributed by atoms with E-state index in [1.54, 1.807) is 7.11 Å². The number of nitrogens with one attached hydrogen (secondary N) is 2. The summed E-state index contributed by atoms with van der Waals surface area (Å²) in [5, 5.41) is 7.22. The van der Waals surface area contributed by atoms with Crippen molar-refractivity contribution in [2.75, 3.05) is 19.0 Å². The molecule has 0 radical (unpaired) electrons. The molecule has 0 amide bonds. The fourth-order valence-electron chi connectivity index (χ4n) is 1.34. The van der Waals surface area contributed by atoms with Gasteiger partial charge in [0.2, 0.25) is 0 Å². The van der Waals surface area contributed by atoms with Gasteiger partial charge in [0.05, 0.1) is 16.8 Å². The number of aromatic nitrogens is 1. The van der Waals surface area contributed by atoms with Gasteiger partial charge in [-0.2, -0.15) is 0 Å². The van der Waals surface area contributed by atoms with E-state index >= 15 is 0 Å². The van der Waals surface area contributed by atoms with E-state index in [0.717, 1.165) is 18.1 Å². The Morgan fingerprint density at radius 1 is 1.33 bits per heavy atom. The van der Waals surface area contributed by atoms with Crippen LogP contribution in [0.25, 0.3) is 0 Å². The molecule has 18 heavy (non-hydrogen) atoms. The van der Waals surface area contributed by atoms with E-state index < -0.39 is 0 Å². The normalized spacial score (nSPS) is 12.8. The standard InChI is InChI=1S/C13H22ClN3O/c1-9(2)15-8-12-11(14)5-6-13(17-12)16-7-10(3)18-4/h5-6,9-10,15H,7-8H2,1-4H3,(H,16,17). The highest BCUT2D eigenvalue weighted by Crippen LogP contribution is 2.16. The minimum Gasteiger partial charge on any atom is -0.380 e. The predicted octanol–water partition coefficient (Wildman–Crippen LogP) is 2.68. The van der Waals surface area contributed by atoms with Crippen molar-refractivity contribution in [3.63, 3.8) is 0 Å². The molecule has 0 bridgehead atoms. The first-order valence-corrected chi connectivity index (χ1v) is 6.56. The molecule has 1 aromatic heterocycles. The van der Waals surface area contributed by atoms with Crippen LogP contribution in [0.5, 0.6) is 0 Å². The Hall–Kier alpha value is -0.840. The van der Waals surface area contributed by atoms with Gasteiger partial charge in [-0.1, -0.05) is 25.4 Å². The summed E-state index contributed by atoms with van der Waals surface area (Å²) in [6, 6.07) is 4.16. The molecule has 2 N–H and O–H groups in total. The van der Waals surface area contributed by atoms with E-state index in [1.165, 1.54) is 0 Å². The maximum Gasteiger partial charge on any atom is 0.126 e. The van der Waals surface area contributed by atoms with Crippen molar-refractivity contribution in [3.8, 4) is 0 Å². The average Bonchev–Trinajstić information content (AvgIpc) is 2.35. The molecule has 0 aromatic carbocycles. The third-order valence-corrected chi connectivity index (χ3v) is 2.91. The molecular formula is C13H22ClN3O. The second-order valence-electron chi connectivity index (χ2n) is 4.59. The van der Waals surface area contributed by atoms with Crippen molar-refractivity contribution in [2.45, 2.75) is 39.5 Å². The molecular weight excluding hydrogens is 250 g/mol. The number of hydrogen-bond acceptors (Lipinski definition) is 4. The van der Waals surface area contributed by atoms with Crippen molar-refractivity contribution in [1.29, 1.82) is 0 Å². The molecule has 102 valence electrons. The summed E-state index contributed by atoms with van der Waals surface area (Å²) in [6.45, 7) is 7.59. The zero-order valence-electron chi connectivity index (χ0n) is 11.5. The van der Waals surface area contributed by atoms with E-state index in [1.807, 2.05) is 19.1 Å². The summed E-state index contributed by atoms with van der Waals surface area (Å²) in [5.41, 5.74) is 0.862. The van der Waals surface area contributed by atoms with E-state index in [2.05, 4.69) is 29.5 Å². The van der Waals surface area contributed by atoms with Crippen molar-refractivity contribution >= 4 is 17.4 Å². The minimum atomic E-state index is 0.153. The Morgan fingerprint density at radius 3 is 2.67 bits per heavy atom. The van der Waals surface area contributed by atoms with Crippen LogP contribution in [-0.2, 0) is 11.3 Å². The Morgan fingerprint density at radius 2 is 2.06 bits per heavy atom. The lowest BCUT2D eigenvalue weighted by Crippen LogP contribution is -2.23. The van der Waals surface area contributed by atoms with Crippen LogP contribution >= 0.6 is 11.6 Å². The number of pyridine rings is 1. The number of methoxy groups -OCH3 is 1. The van der Waals surface area contributed by atoms with Gasteiger partial charge < -0.3 is 15.4 Å². The maximum absolute atomic E-state index is 6.11. The fourth-order valence-corrected chi connectivity index (χ4v) is 1.51. The van der Waals surface area contributed by atoms with Crippen LogP contribution in [0, 0.1) is 0 Å². The van der Waals surface area contributed by atoms with Gasteiger partial charge in [-0.3, -0.25) is 0 Å². The van der Waals surface area contributed by atoms with Gasteiger partial charge in [0, 0.05) is 26.2 Å². The van der Waals surface area contributed by atoms with Crippen LogP contribution in [0.1, 0.15) is 26.5 Å². The van der Waals surface area contributed by atoms with E-state index in [-0.39, 0.29) is 6.10 Å². The lowest BCUT2D eigenvalue weighted by molar-refractivity contribution is 0.128. The van der Waals surface area contributed by atoms with E-state index in [0.29, 0.717) is 17.6 Å². The molecule has 1 atom stereocenters. The summed E-state index contributed by atoms with van der Waals surface area (Å²) in [4.78, 5) is 4.49. The van der Waals surface area contributed by atoms with Crippen LogP contribution in [0.4, 0.5) is 5.82 Å². The third kappa shape index (κ3) is 5.21. The average molecular weight is 272 g/mol. The Bertz CT molecular complexity index is 371. The van der Waals surface area contributed by atoms with Gasteiger partial charge in [-0.15, -0.1) is 0 Å². The molecule has 1 rings (SSSR count). The van der Waals surface area contributed by atoms with Crippen molar-refractivity contribution in [2.24, 2.45) is 0 Å². The summed E-state index contributed by atoms with van der Waals surface area (Å²) >= 11 is 6.11.